The number of rotatable bonds is 4. The van der Waals surface area contributed by atoms with Crippen molar-refractivity contribution in [2.24, 2.45) is 5.92 Å². The van der Waals surface area contributed by atoms with Crippen LogP contribution in [0.3, 0.4) is 0 Å². The van der Waals surface area contributed by atoms with E-state index in [0.29, 0.717) is 0 Å². The lowest BCUT2D eigenvalue weighted by Crippen LogP contribution is -2.33. The quantitative estimate of drug-likeness (QED) is 0.439. The summed E-state index contributed by atoms with van der Waals surface area (Å²) >= 11 is 0. The first kappa shape index (κ1) is 17.3. The Morgan fingerprint density at radius 3 is 2.61 bits per heavy atom. The molecule has 2 unspecified atom stereocenters. The monoisotopic (exact) mass is 267 g/mol. The Bertz CT molecular complexity index is 320. The fourth-order valence-corrected chi connectivity index (χ4v) is 2.34. The molecule has 0 amide bonds. The minimum absolute atomic E-state index is 0.126. The Balaban J connectivity index is 0.00000137. The normalized spacial score (nSPS) is 21.3. The van der Waals surface area contributed by atoms with Crippen molar-refractivity contribution in [2.75, 3.05) is 13.1 Å². The lowest BCUT2D eigenvalue weighted by molar-refractivity contribution is -0.119. The van der Waals surface area contributed by atoms with Crippen LogP contribution >= 0.6 is 9.39 Å². The molecule has 3 heteroatoms. The number of Topliss-reactive ketones (excluding diaryl/α,β-unsaturated/α-hetero) is 1. The lowest BCUT2D eigenvalue weighted by atomic mass is 9.90. The summed E-state index contributed by atoms with van der Waals surface area (Å²) in [5, 5.41) is 0. The summed E-state index contributed by atoms with van der Waals surface area (Å²) in [5.74, 6) is 0.348. The average Bonchev–Trinajstić information content (AvgIpc) is 2.41. The highest BCUT2D eigenvalue weighted by Crippen LogP contribution is 2.22. The molecule has 102 valence electrons. The van der Waals surface area contributed by atoms with E-state index in [2.05, 4.69) is 20.6 Å². The van der Waals surface area contributed by atoms with Gasteiger partial charge in [0.1, 0.15) is 0 Å². The largest absolute Gasteiger partial charge is 0.294 e. The predicted octanol–water partition coefficient (Wildman–Crippen LogP) is 3.77. The molecule has 0 radical (unpaired) electrons. The van der Waals surface area contributed by atoms with Crippen LogP contribution in [0.2, 0.25) is 0 Å². The molecule has 1 heterocycles. The molecule has 1 aliphatic rings. The number of carbonyl (C=O) groups is 1. The molecule has 1 saturated heterocycles. The molecule has 18 heavy (non-hydrogen) atoms. The van der Waals surface area contributed by atoms with E-state index in [9.17, 15) is 4.79 Å². The van der Waals surface area contributed by atoms with Crippen LogP contribution < -0.4 is 0 Å². The van der Waals surface area contributed by atoms with Gasteiger partial charge in [-0.2, -0.15) is 0 Å². The molecule has 1 rings (SSSR count). The van der Waals surface area contributed by atoms with Crippen LogP contribution in [0.5, 0.6) is 0 Å². The second-order valence-corrected chi connectivity index (χ2v) is 4.78. The van der Waals surface area contributed by atoms with E-state index in [4.69, 9.17) is 0 Å². The highest BCUT2D eigenvalue weighted by Gasteiger charge is 2.24. The predicted molar refractivity (Wildman–Crippen MR) is 83.5 cm³/mol. The second-order valence-electron chi connectivity index (χ2n) is 4.05. The molecular formula is C15H26NOP. The molecule has 0 aromatic rings. The van der Waals surface area contributed by atoms with Gasteiger partial charge in [0, 0.05) is 24.6 Å². The van der Waals surface area contributed by atoms with E-state index < -0.39 is 0 Å². The fraction of sp³-hybridized carbons (Fsp3) is 0.533. The number of ketones is 1. The topological polar surface area (TPSA) is 20.3 Å². The highest BCUT2D eigenvalue weighted by molar-refractivity contribution is 7.13. The van der Waals surface area contributed by atoms with E-state index in [1.807, 2.05) is 39.0 Å². The van der Waals surface area contributed by atoms with E-state index in [1.165, 1.54) is 0 Å². The van der Waals surface area contributed by atoms with Crippen molar-refractivity contribution in [3.05, 3.63) is 36.5 Å². The van der Waals surface area contributed by atoms with Crippen molar-refractivity contribution >= 4 is 15.2 Å². The van der Waals surface area contributed by atoms with Crippen molar-refractivity contribution in [1.29, 1.82) is 0 Å². The van der Waals surface area contributed by atoms with Crippen molar-refractivity contribution in [3.8, 4) is 0 Å². The number of carbonyl (C=O) groups excluding carboxylic acids is 1. The van der Waals surface area contributed by atoms with Gasteiger partial charge in [-0.15, -0.1) is 0 Å². The third-order valence-electron chi connectivity index (χ3n) is 2.80. The third kappa shape index (κ3) is 5.75. The summed E-state index contributed by atoms with van der Waals surface area (Å²) in [6.45, 7) is 11.5. The van der Waals surface area contributed by atoms with Crippen LogP contribution in [0.15, 0.2) is 36.5 Å². The van der Waals surface area contributed by atoms with Crippen molar-refractivity contribution in [2.45, 2.75) is 33.6 Å². The fourth-order valence-electron chi connectivity index (χ4n) is 1.91. The van der Waals surface area contributed by atoms with Crippen molar-refractivity contribution in [1.82, 2.24) is 4.67 Å². The van der Waals surface area contributed by atoms with Gasteiger partial charge in [-0.1, -0.05) is 54.1 Å². The Hall–Kier alpha value is -0.720. The van der Waals surface area contributed by atoms with Gasteiger partial charge in [-0.05, 0) is 19.8 Å². The Morgan fingerprint density at radius 1 is 1.44 bits per heavy atom. The standard InChI is InChI=1S/C13H20NOP.C2H6/c1-3-5-7-11(4-2)13(15)12-8-6-9-14(16)10-12;1-2/h3-5,7,12H,2,6,8-10,16H2,1H3;1-2H3/b5-3-,11-7+;. The minimum Gasteiger partial charge on any atom is -0.294 e. The van der Waals surface area contributed by atoms with Gasteiger partial charge in [0.25, 0.3) is 0 Å². The number of allylic oxidation sites excluding steroid dienone is 5. The first-order valence-corrected chi connectivity index (χ1v) is 7.20. The van der Waals surface area contributed by atoms with Crippen LogP contribution in [0.4, 0.5) is 0 Å². The van der Waals surface area contributed by atoms with Crippen molar-refractivity contribution < 1.29 is 4.79 Å². The van der Waals surface area contributed by atoms with Gasteiger partial charge in [0.15, 0.2) is 5.78 Å². The van der Waals surface area contributed by atoms with Crippen LogP contribution in [0, 0.1) is 5.92 Å². The van der Waals surface area contributed by atoms with Gasteiger partial charge >= 0.3 is 0 Å². The summed E-state index contributed by atoms with van der Waals surface area (Å²) < 4.78 is 2.14. The average molecular weight is 267 g/mol. The van der Waals surface area contributed by atoms with E-state index >= 15 is 0 Å². The first-order chi connectivity index (χ1) is 8.69. The molecule has 0 spiro atoms. The van der Waals surface area contributed by atoms with Crippen LogP contribution in [-0.4, -0.2) is 23.5 Å². The van der Waals surface area contributed by atoms with Crippen LogP contribution in [-0.2, 0) is 4.79 Å². The maximum atomic E-state index is 12.2. The number of piperidine rings is 1. The Morgan fingerprint density at radius 2 is 2.11 bits per heavy atom. The van der Waals surface area contributed by atoms with Gasteiger partial charge < -0.3 is 0 Å². The zero-order chi connectivity index (χ0) is 14.0. The SMILES string of the molecule is C=C/C(=C\C=C/C)C(=O)C1CCCN(P)C1.CC. The van der Waals surface area contributed by atoms with Gasteiger partial charge in [-0.3, -0.25) is 9.46 Å². The maximum absolute atomic E-state index is 12.2. The molecule has 0 N–H and O–H groups in total. The van der Waals surface area contributed by atoms with E-state index in [-0.39, 0.29) is 11.7 Å². The van der Waals surface area contributed by atoms with E-state index in [0.717, 1.165) is 31.5 Å². The molecular weight excluding hydrogens is 241 g/mol. The van der Waals surface area contributed by atoms with Gasteiger partial charge in [-0.25, -0.2) is 0 Å². The molecule has 1 aliphatic heterocycles. The summed E-state index contributed by atoms with van der Waals surface area (Å²) in [6.07, 6.45) is 9.38. The highest BCUT2D eigenvalue weighted by atomic mass is 31.0. The smallest absolute Gasteiger partial charge is 0.167 e. The lowest BCUT2D eigenvalue weighted by Gasteiger charge is -2.28. The number of nitrogens with zero attached hydrogens (tertiary/aromatic N) is 1. The molecule has 0 aliphatic carbocycles. The van der Waals surface area contributed by atoms with Gasteiger partial charge in [0.2, 0.25) is 0 Å². The third-order valence-corrected chi connectivity index (χ3v) is 3.27. The Kier molecular flexibility index (Phi) is 9.82. The van der Waals surface area contributed by atoms with Crippen LogP contribution in [0.25, 0.3) is 0 Å². The molecule has 1 fully saturated rings. The van der Waals surface area contributed by atoms with E-state index in [1.54, 1.807) is 6.08 Å². The number of hydrogen-bond acceptors (Lipinski definition) is 2. The molecule has 2 nitrogen and oxygen atoms in total. The summed E-state index contributed by atoms with van der Waals surface area (Å²) in [4.78, 5) is 12.2. The maximum Gasteiger partial charge on any atom is 0.167 e. The minimum atomic E-state index is 0.126. The molecule has 0 bridgehead atoms. The molecule has 2 atom stereocenters. The van der Waals surface area contributed by atoms with Crippen molar-refractivity contribution in [3.63, 3.8) is 0 Å². The van der Waals surface area contributed by atoms with Crippen LogP contribution in [0.1, 0.15) is 33.6 Å². The second kappa shape index (κ2) is 10.2. The zero-order valence-corrected chi connectivity index (χ0v) is 13.0. The Labute approximate surface area is 114 Å². The molecule has 0 saturated carbocycles. The summed E-state index contributed by atoms with van der Waals surface area (Å²) in [6, 6.07) is 0. The zero-order valence-electron chi connectivity index (χ0n) is 11.9. The first-order valence-electron chi connectivity index (χ1n) is 6.68. The summed E-state index contributed by atoms with van der Waals surface area (Å²) in [5.41, 5.74) is 0.725. The number of hydrogen-bond donors (Lipinski definition) is 0. The van der Waals surface area contributed by atoms with Gasteiger partial charge in [0.05, 0.1) is 0 Å². The molecule has 0 aromatic heterocycles. The summed E-state index contributed by atoms with van der Waals surface area (Å²) in [7, 11) is 2.68. The molecule has 0 aromatic carbocycles.